The minimum Gasteiger partial charge on any atom is -0.504 e. The molecular formula is C134H86O9. The van der Waals surface area contributed by atoms with E-state index in [1.54, 1.807) is 12.1 Å². The molecule has 9 nitrogen and oxygen atoms in total. The van der Waals surface area contributed by atoms with Crippen LogP contribution in [0.4, 0.5) is 0 Å². The highest BCUT2D eigenvalue weighted by Gasteiger charge is 2.52. The van der Waals surface area contributed by atoms with Crippen molar-refractivity contribution in [2.75, 3.05) is 39.6 Å². The van der Waals surface area contributed by atoms with Gasteiger partial charge in [-0.2, -0.15) is 0 Å². The number of hydrogen-bond acceptors (Lipinski definition) is 9. The lowest BCUT2D eigenvalue weighted by Crippen LogP contribution is -2.28. The molecular weight excluding hydrogens is 1750 g/mol. The molecule has 0 amide bonds. The van der Waals surface area contributed by atoms with Crippen LogP contribution in [-0.4, -0.2) is 49.9 Å². The third-order valence-corrected chi connectivity index (χ3v) is 29.3. The number of ether oxygens (including phenoxy) is 7. The molecule has 4 aliphatic carbocycles. The predicted octanol–water partition coefficient (Wildman–Crippen LogP) is 28.4. The van der Waals surface area contributed by atoms with E-state index in [-0.39, 0.29) is 51.1 Å². The van der Waals surface area contributed by atoms with Crippen molar-refractivity contribution in [1.82, 2.24) is 0 Å². The van der Waals surface area contributed by atoms with Gasteiger partial charge in [0.25, 0.3) is 0 Å². The number of aromatic hydroxyl groups is 2. The summed E-state index contributed by atoms with van der Waals surface area (Å²) < 4.78 is 43.3. The molecule has 0 spiro atoms. The van der Waals surface area contributed by atoms with Gasteiger partial charge in [0.2, 0.25) is 0 Å². The van der Waals surface area contributed by atoms with E-state index in [0.717, 1.165) is 177 Å². The molecule has 9 heteroatoms. The Morgan fingerprint density at radius 1 is 0.182 bits per heavy atom. The van der Waals surface area contributed by atoms with Crippen molar-refractivity contribution in [2.45, 2.75) is 21.7 Å². The van der Waals surface area contributed by atoms with E-state index in [9.17, 15) is 10.2 Å². The molecule has 0 aliphatic heterocycles. The number of fused-ring (bicyclic) bond motifs is 16. The SMILES string of the molecule is C#CCOc1cc2ccc(C3(c4ccc(-c5ccc(C6(c7ccc8cc(OCC#C)c(O)cc8c7)c7ccccc7-c7ccc(-c8ccc9c(c8)-c8ccccc8C9(c8ccc(Oc9ccc(C%10(c%11ccc%12cc(OCC#C)c(OCC#C)cc%12c%11)c%11ccccc%11-c%11ccccc%11%10)cc9)cc8)c8ccc9cc(OCC#C)c(OCC#C)cc9c8)cc76)cc5)cc4)c4ccccc4-c4ccccc43)cc2cc1O. The zero-order valence-electron chi connectivity index (χ0n) is 77.6. The largest absolute Gasteiger partial charge is 0.504 e. The van der Waals surface area contributed by atoms with Crippen LogP contribution in [0.15, 0.2) is 400 Å². The molecule has 0 radical (unpaired) electrons. The number of hydrogen-bond donors (Lipinski definition) is 2. The van der Waals surface area contributed by atoms with Gasteiger partial charge >= 0.3 is 0 Å². The van der Waals surface area contributed by atoms with Crippen LogP contribution in [0.25, 0.3) is 110 Å². The first kappa shape index (κ1) is 86.8. The first-order valence-electron chi connectivity index (χ1n) is 47.5. The summed E-state index contributed by atoms with van der Waals surface area (Å²) in [5, 5.41) is 30.4. The molecule has 0 saturated carbocycles. The van der Waals surface area contributed by atoms with Crippen molar-refractivity contribution in [2.24, 2.45) is 0 Å². The van der Waals surface area contributed by atoms with E-state index in [0.29, 0.717) is 46.0 Å². The Morgan fingerprint density at radius 3 is 0.734 bits per heavy atom. The fourth-order valence-corrected chi connectivity index (χ4v) is 23.4. The normalized spacial score (nSPS) is 14.6. The van der Waals surface area contributed by atoms with Gasteiger partial charge in [-0.15, -0.1) is 38.5 Å². The quantitative estimate of drug-likeness (QED) is 0.0572. The summed E-state index contributed by atoms with van der Waals surface area (Å²) in [6.07, 6.45) is 34.4. The zero-order valence-corrected chi connectivity index (χ0v) is 77.6. The Balaban J connectivity index is 0.623. The second-order valence-corrected chi connectivity index (χ2v) is 36.5. The highest BCUT2D eigenvalue weighted by molar-refractivity contribution is 5.99. The van der Waals surface area contributed by atoms with Gasteiger partial charge in [0.05, 0.1) is 21.7 Å². The van der Waals surface area contributed by atoms with Gasteiger partial charge in [-0.3, -0.25) is 0 Å². The molecule has 0 bridgehead atoms. The van der Waals surface area contributed by atoms with Gasteiger partial charge in [-0.25, -0.2) is 0 Å². The Bertz CT molecular complexity index is 8840. The molecule has 0 saturated heterocycles. The smallest absolute Gasteiger partial charge is 0.163 e. The lowest BCUT2D eigenvalue weighted by molar-refractivity contribution is 0.315. The summed E-state index contributed by atoms with van der Waals surface area (Å²) in [4.78, 5) is 0. The van der Waals surface area contributed by atoms with E-state index < -0.39 is 21.7 Å². The van der Waals surface area contributed by atoms with Crippen LogP contribution in [0, 0.1) is 74.1 Å². The zero-order chi connectivity index (χ0) is 96.7. The van der Waals surface area contributed by atoms with Gasteiger partial charge in [0, 0.05) is 0 Å². The van der Waals surface area contributed by atoms with Crippen LogP contribution < -0.4 is 33.2 Å². The second-order valence-electron chi connectivity index (χ2n) is 36.5. The van der Waals surface area contributed by atoms with Crippen LogP contribution in [-0.2, 0) is 21.7 Å². The predicted molar refractivity (Wildman–Crippen MR) is 572 cm³/mol. The van der Waals surface area contributed by atoms with Crippen molar-refractivity contribution in [3.8, 4) is 198 Å². The maximum Gasteiger partial charge on any atom is 0.163 e. The average molecular weight is 1840 g/mol. The molecule has 143 heavy (non-hydrogen) atoms. The number of phenolic OH excluding ortho intramolecular Hbond substituents is 2. The Morgan fingerprint density at radius 2 is 0.413 bits per heavy atom. The third kappa shape index (κ3) is 13.8. The summed E-state index contributed by atoms with van der Waals surface area (Å²) in [5.41, 5.74) is 27.2. The minimum absolute atomic E-state index is 0.000828. The monoisotopic (exact) mass is 1840 g/mol. The molecule has 2 N–H and O–H groups in total. The van der Waals surface area contributed by atoms with Gasteiger partial charge in [-0.05, 0) is 308 Å². The molecule has 0 aromatic heterocycles. The molecule has 2 unspecified atom stereocenters. The molecule has 20 aromatic rings. The summed E-state index contributed by atoms with van der Waals surface area (Å²) in [6.45, 7) is 0.228. The van der Waals surface area contributed by atoms with Crippen LogP contribution in [0.5, 0.6) is 57.5 Å². The standard InChI is InChI=1S/C134H86O9/c1-7-65-137-125-79-89-41-51-101(71-93(89)77-123(125)135)131(115-31-19-13-25-107(115)108-26-14-20-32-116(108)131)97-47-37-85(38-48-97)86-39-49-98(50-40-86)134(104-54-42-90-80-126(138-66-8-2)124(136)78-94(90)72-104)119-35-23-17-29-111(119)113-63-45-88(76-122(113)134)87-46-64-121-114(75-87)112-30-18-24-36-120(112)133(121,103-53-44-92-82-128(140-68-10-4)130(142-70-12-6)84-96(92)74-103)100-57-61-106(62-58-100)143-105-59-55-99(56-60-105)132(117-33-21-15-27-109(117)110-28-16-22-34-118(110)132)102-52-43-91-81-127(139-67-9-3)129(141-69-11-5)83-95(91)73-102/h1-6,13-64,71-84,135-136H,65-70H2. The summed E-state index contributed by atoms with van der Waals surface area (Å²) >= 11 is 0. The van der Waals surface area contributed by atoms with E-state index >= 15 is 0 Å². The Labute approximate surface area is 829 Å². The highest BCUT2D eigenvalue weighted by atomic mass is 16.5. The van der Waals surface area contributed by atoms with Gasteiger partial charge in [-0.1, -0.05) is 327 Å². The number of benzene rings is 20. The molecule has 4 aliphatic rings. The lowest BCUT2D eigenvalue weighted by Gasteiger charge is -2.35. The van der Waals surface area contributed by atoms with E-state index in [2.05, 4.69) is 387 Å². The summed E-state index contributed by atoms with van der Waals surface area (Å²) in [6, 6.07) is 143. The molecule has 0 fully saturated rings. The van der Waals surface area contributed by atoms with E-state index in [1.807, 2.05) is 36.4 Å². The number of terminal acetylenes is 6. The highest BCUT2D eigenvalue weighted by Crippen LogP contribution is 2.64. The second kappa shape index (κ2) is 35.2. The fraction of sp³-hybridized carbons (Fsp3) is 0.0746. The van der Waals surface area contributed by atoms with Gasteiger partial charge in [0.1, 0.15) is 51.1 Å². The molecule has 20 aromatic carbocycles. The fourth-order valence-electron chi connectivity index (χ4n) is 23.4. The molecule has 2 atom stereocenters. The van der Waals surface area contributed by atoms with Crippen molar-refractivity contribution in [3.05, 3.63) is 489 Å². The maximum absolute atomic E-state index is 11.8. The van der Waals surface area contributed by atoms with Crippen LogP contribution in [0.2, 0.25) is 0 Å². The molecule has 24 rings (SSSR count). The molecule has 676 valence electrons. The first-order valence-corrected chi connectivity index (χ1v) is 47.5. The van der Waals surface area contributed by atoms with Crippen LogP contribution >= 0.6 is 0 Å². The Hall–Kier alpha value is -19.0. The van der Waals surface area contributed by atoms with E-state index in [1.165, 1.54) is 22.3 Å². The van der Waals surface area contributed by atoms with Gasteiger partial charge in [0.15, 0.2) is 46.0 Å². The minimum atomic E-state index is -0.934. The molecule has 0 heterocycles. The summed E-state index contributed by atoms with van der Waals surface area (Å²) in [7, 11) is 0. The first-order chi connectivity index (χ1) is 70.4. The average Bonchev–Trinajstić information content (AvgIpc) is 1.56. The van der Waals surface area contributed by atoms with Gasteiger partial charge < -0.3 is 43.4 Å². The Kier molecular flexibility index (Phi) is 21.4. The maximum atomic E-state index is 11.8. The van der Waals surface area contributed by atoms with E-state index in [4.69, 9.17) is 71.7 Å². The topological polar surface area (TPSA) is 105 Å². The lowest BCUT2D eigenvalue weighted by atomic mass is 9.66. The van der Waals surface area contributed by atoms with Crippen LogP contribution in [0.1, 0.15) is 89.0 Å². The number of phenols is 2. The van der Waals surface area contributed by atoms with Crippen molar-refractivity contribution in [3.63, 3.8) is 0 Å². The van der Waals surface area contributed by atoms with Crippen molar-refractivity contribution in [1.29, 1.82) is 0 Å². The van der Waals surface area contributed by atoms with Crippen LogP contribution in [0.3, 0.4) is 0 Å². The number of rotatable bonds is 24. The summed E-state index contributed by atoms with van der Waals surface area (Å²) in [5.74, 6) is 19.5. The third-order valence-electron chi connectivity index (χ3n) is 29.3. The van der Waals surface area contributed by atoms with Crippen molar-refractivity contribution < 1.29 is 43.4 Å². The van der Waals surface area contributed by atoms with Crippen molar-refractivity contribution >= 4 is 43.1 Å².